The SMILES string of the molecule is CCOC(=O)C1Cc2cc(OCCOC)ccc2N1. The molecule has 1 aromatic carbocycles. The van der Waals surface area contributed by atoms with Crippen molar-refractivity contribution in [2.45, 2.75) is 19.4 Å². The predicted octanol–water partition coefficient (Wildman–Crippen LogP) is 1.61. The molecule has 2 rings (SSSR count). The summed E-state index contributed by atoms with van der Waals surface area (Å²) >= 11 is 0. The van der Waals surface area contributed by atoms with E-state index in [1.807, 2.05) is 25.1 Å². The summed E-state index contributed by atoms with van der Waals surface area (Å²) in [6, 6.07) is 5.48. The van der Waals surface area contributed by atoms with Crippen molar-refractivity contribution in [3.63, 3.8) is 0 Å². The second-order valence-electron chi connectivity index (χ2n) is 4.31. The van der Waals surface area contributed by atoms with Crippen molar-refractivity contribution in [2.75, 3.05) is 32.2 Å². The van der Waals surface area contributed by atoms with Crippen LogP contribution in [0.25, 0.3) is 0 Å². The van der Waals surface area contributed by atoms with Gasteiger partial charge in [0.2, 0.25) is 0 Å². The zero-order valence-electron chi connectivity index (χ0n) is 11.3. The van der Waals surface area contributed by atoms with Crippen LogP contribution in [0.5, 0.6) is 5.75 Å². The summed E-state index contributed by atoms with van der Waals surface area (Å²) in [6.07, 6.45) is 0.635. The van der Waals surface area contributed by atoms with E-state index in [4.69, 9.17) is 14.2 Å². The van der Waals surface area contributed by atoms with Crippen molar-refractivity contribution >= 4 is 11.7 Å². The summed E-state index contributed by atoms with van der Waals surface area (Å²) in [4.78, 5) is 11.7. The Bertz CT molecular complexity index is 447. The number of nitrogens with one attached hydrogen (secondary N) is 1. The number of carbonyl (C=O) groups is 1. The summed E-state index contributed by atoms with van der Waals surface area (Å²) < 4.78 is 15.5. The van der Waals surface area contributed by atoms with Gasteiger partial charge >= 0.3 is 5.97 Å². The van der Waals surface area contributed by atoms with Gasteiger partial charge in [0.1, 0.15) is 18.4 Å². The maximum atomic E-state index is 11.7. The molecule has 0 aliphatic carbocycles. The molecule has 1 aliphatic heterocycles. The first-order chi connectivity index (χ1) is 9.24. The Kier molecular flexibility index (Phi) is 4.63. The lowest BCUT2D eigenvalue weighted by molar-refractivity contribution is -0.143. The monoisotopic (exact) mass is 265 g/mol. The van der Waals surface area contributed by atoms with Crippen LogP contribution in [-0.4, -0.2) is 38.9 Å². The highest BCUT2D eigenvalue weighted by atomic mass is 16.5. The van der Waals surface area contributed by atoms with Crippen LogP contribution in [0, 0.1) is 0 Å². The zero-order chi connectivity index (χ0) is 13.7. The molecule has 1 aliphatic rings. The Labute approximate surface area is 112 Å². The van der Waals surface area contributed by atoms with E-state index >= 15 is 0 Å². The summed E-state index contributed by atoms with van der Waals surface area (Å²) in [5.74, 6) is 0.586. The zero-order valence-corrected chi connectivity index (χ0v) is 11.3. The topological polar surface area (TPSA) is 56.8 Å². The van der Waals surface area contributed by atoms with E-state index in [0.717, 1.165) is 17.0 Å². The molecule has 1 heterocycles. The lowest BCUT2D eigenvalue weighted by atomic mass is 10.1. The van der Waals surface area contributed by atoms with Gasteiger partial charge in [-0.05, 0) is 30.7 Å². The van der Waals surface area contributed by atoms with Gasteiger partial charge in [0.05, 0.1) is 13.2 Å². The van der Waals surface area contributed by atoms with Gasteiger partial charge in [-0.25, -0.2) is 4.79 Å². The first kappa shape index (κ1) is 13.7. The van der Waals surface area contributed by atoms with Gasteiger partial charge in [-0.2, -0.15) is 0 Å². The van der Waals surface area contributed by atoms with Gasteiger partial charge in [-0.15, -0.1) is 0 Å². The molecule has 1 atom stereocenters. The van der Waals surface area contributed by atoms with Gasteiger partial charge in [0, 0.05) is 19.2 Å². The Morgan fingerprint density at radius 1 is 1.42 bits per heavy atom. The number of rotatable bonds is 6. The van der Waals surface area contributed by atoms with Gasteiger partial charge in [0.25, 0.3) is 0 Å². The van der Waals surface area contributed by atoms with Gasteiger partial charge in [-0.1, -0.05) is 0 Å². The van der Waals surface area contributed by atoms with Crippen molar-refractivity contribution < 1.29 is 19.0 Å². The number of carbonyl (C=O) groups excluding carboxylic acids is 1. The van der Waals surface area contributed by atoms with Gasteiger partial charge in [-0.3, -0.25) is 0 Å². The molecule has 5 heteroatoms. The number of benzene rings is 1. The number of ether oxygens (including phenoxy) is 3. The van der Waals surface area contributed by atoms with Crippen LogP contribution in [0.2, 0.25) is 0 Å². The minimum Gasteiger partial charge on any atom is -0.491 e. The molecular weight excluding hydrogens is 246 g/mol. The average Bonchev–Trinajstić information content (AvgIpc) is 2.82. The third kappa shape index (κ3) is 3.38. The maximum absolute atomic E-state index is 11.7. The molecule has 1 aromatic rings. The minimum atomic E-state index is -0.288. The molecule has 1 unspecified atom stereocenters. The third-order valence-corrected chi connectivity index (χ3v) is 2.96. The molecule has 0 fully saturated rings. The standard InChI is InChI=1S/C14H19NO4/c1-3-18-14(16)13-9-10-8-11(19-7-6-17-2)4-5-12(10)15-13/h4-5,8,13,15H,3,6-7,9H2,1-2H3. The van der Waals surface area contributed by atoms with E-state index in [-0.39, 0.29) is 12.0 Å². The average molecular weight is 265 g/mol. The highest BCUT2D eigenvalue weighted by molar-refractivity contribution is 5.83. The second-order valence-corrected chi connectivity index (χ2v) is 4.31. The molecule has 19 heavy (non-hydrogen) atoms. The van der Waals surface area contributed by atoms with Crippen LogP contribution in [-0.2, 0) is 20.7 Å². The Morgan fingerprint density at radius 2 is 2.26 bits per heavy atom. The third-order valence-electron chi connectivity index (χ3n) is 2.96. The fourth-order valence-electron chi connectivity index (χ4n) is 2.06. The van der Waals surface area contributed by atoms with Crippen LogP contribution in [0.4, 0.5) is 5.69 Å². The van der Waals surface area contributed by atoms with Crippen molar-refractivity contribution in [3.05, 3.63) is 23.8 Å². The molecule has 0 spiro atoms. The largest absolute Gasteiger partial charge is 0.491 e. The lowest BCUT2D eigenvalue weighted by Gasteiger charge is -2.09. The molecular formula is C14H19NO4. The quantitative estimate of drug-likeness (QED) is 0.625. The van der Waals surface area contributed by atoms with Crippen LogP contribution in [0.1, 0.15) is 12.5 Å². The first-order valence-electron chi connectivity index (χ1n) is 6.42. The number of fused-ring (bicyclic) bond motifs is 1. The predicted molar refractivity (Wildman–Crippen MR) is 71.6 cm³/mol. The molecule has 0 aromatic heterocycles. The second kappa shape index (κ2) is 6.43. The number of hydrogen-bond acceptors (Lipinski definition) is 5. The van der Waals surface area contributed by atoms with E-state index in [0.29, 0.717) is 26.2 Å². The number of hydrogen-bond donors (Lipinski definition) is 1. The van der Waals surface area contributed by atoms with E-state index in [2.05, 4.69) is 5.32 Å². The Morgan fingerprint density at radius 3 is 3.00 bits per heavy atom. The fraction of sp³-hybridized carbons (Fsp3) is 0.500. The van der Waals surface area contributed by atoms with Crippen LogP contribution >= 0.6 is 0 Å². The minimum absolute atomic E-state index is 0.208. The molecule has 0 saturated carbocycles. The van der Waals surface area contributed by atoms with E-state index in [1.54, 1.807) is 7.11 Å². The molecule has 0 bridgehead atoms. The molecule has 0 saturated heterocycles. The molecule has 5 nitrogen and oxygen atoms in total. The van der Waals surface area contributed by atoms with Gasteiger partial charge < -0.3 is 19.5 Å². The number of anilines is 1. The Balaban J connectivity index is 1.97. The highest BCUT2D eigenvalue weighted by Crippen LogP contribution is 2.29. The van der Waals surface area contributed by atoms with E-state index < -0.39 is 0 Å². The Hall–Kier alpha value is -1.75. The molecule has 104 valence electrons. The van der Waals surface area contributed by atoms with E-state index in [9.17, 15) is 4.79 Å². The number of esters is 1. The van der Waals surface area contributed by atoms with E-state index in [1.165, 1.54) is 0 Å². The van der Waals surface area contributed by atoms with Crippen LogP contribution in [0.15, 0.2) is 18.2 Å². The molecule has 0 amide bonds. The van der Waals surface area contributed by atoms with Crippen molar-refractivity contribution in [2.24, 2.45) is 0 Å². The lowest BCUT2D eigenvalue weighted by Crippen LogP contribution is -2.28. The summed E-state index contributed by atoms with van der Waals surface area (Å²) in [5.41, 5.74) is 2.05. The van der Waals surface area contributed by atoms with Crippen molar-refractivity contribution in [3.8, 4) is 5.75 Å². The smallest absolute Gasteiger partial charge is 0.328 e. The fourth-order valence-corrected chi connectivity index (χ4v) is 2.06. The van der Waals surface area contributed by atoms with Crippen molar-refractivity contribution in [1.29, 1.82) is 0 Å². The highest BCUT2D eigenvalue weighted by Gasteiger charge is 2.27. The summed E-state index contributed by atoms with van der Waals surface area (Å²) in [7, 11) is 1.64. The van der Waals surface area contributed by atoms with Gasteiger partial charge in [0.15, 0.2) is 0 Å². The number of methoxy groups -OCH3 is 1. The normalized spacial score (nSPS) is 16.6. The van der Waals surface area contributed by atoms with Crippen LogP contribution in [0.3, 0.4) is 0 Å². The van der Waals surface area contributed by atoms with Crippen molar-refractivity contribution in [1.82, 2.24) is 0 Å². The molecule has 1 N–H and O–H groups in total. The molecule has 0 radical (unpaired) electrons. The van der Waals surface area contributed by atoms with Crippen LogP contribution < -0.4 is 10.1 Å². The first-order valence-corrected chi connectivity index (χ1v) is 6.42. The summed E-state index contributed by atoms with van der Waals surface area (Å²) in [5, 5.41) is 3.16. The summed E-state index contributed by atoms with van der Waals surface area (Å²) in [6.45, 7) is 3.28. The maximum Gasteiger partial charge on any atom is 0.328 e.